The molecule has 10 heteroatoms. The van der Waals surface area contributed by atoms with Crippen molar-refractivity contribution in [3.63, 3.8) is 0 Å². The van der Waals surface area contributed by atoms with E-state index in [1.807, 2.05) is 39.8 Å². The van der Waals surface area contributed by atoms with Gasteiger partial charge in [0.2, 0.25) is 0 Å². The van der Waals surface area contributed by atoms with Crippen LogP contribution in [0.3, 0.4) is 0 Å². The van der Waals surface area contributed by atoms with Crippen molar-refractivity contribution >= 4 is 123 Å². The summed E-state index contributed by atoms with van der Waals surface area (Å²) in [6.45, 7) is 14.5. The molecule has 2 fully saturated rings. The number of hydrogen-bond acceptors (Lipinski definition) is 4. The third-order valence-electron chi connectivity index (χ3n) is 11.4. The molecule has 0 aromatic heterocycles. The van der Waals surface area contributed by atoms with Gasteiger partial charge in [0.05, 0.1) is 22.4 Å². The molecule has 1 unspecified atom stereocenters. The Kier molecular flexibility index (Phi) is 8.34. The molecule has 8 rings (SSSR count). The van der Waals surface area contributed by atoms with Crippen LogP contribution in [-0.2, 0) is 25.0 Å². The molecule has 6 aromatic rings. The van der Waals surface area contributed by atoms with Crippen molar-refractivity contribution in [2.45, 2.75) is 77.3 Å². The van der Waals surface area contributed by atoms with Crippen molar-refractivity contribution in [2.75, 3.05) is 0 Å². The molecule has 0 spiro atoms. The van der Waals surface area contributed by atoms with Gasteiger partial charge < -0.3 is 18.6 Å². The number of rotatable bonds is 4. The highest BCUT2D eigenvalue weighted by atomic mass is 79.9. The van der Waals surface area contributed by atoms with Gasteiger partial charge in [0.25, 0.3) is 0 Å². The summed E-state index contributed by atoms with van der Waals surface area (Å²) in [5.41, 5.74) is 0.855. The lowest BCUT2D eigenvalue weighted by Crippen LogP contribution is -2.46. The molecule has 0 amide bonds. The van der Waals surface area contributed by atoms with Crippen LogP contribution in [0.25, 0.3) is 43.1 Å². The highest BCUT2D eigenvalue weighted by molar-refractivity contribution is 9.11. The van der Waals surface area contributed by atoms with E-state index in [1.54, 1.807) is 0 Å². The predicted octanol–water partition coefficient (Wildman–Crippen LogP) is 11.0. The molecule has 1 atom stereocenters. The first-order valence-electron chi connectivity index (χ1n) is 16.8. The van der Waals surface area contributed by atoms with Crippen molar-refractivity contribution in [3.05, 3.63) is 103 Å². The van der Waals surface area contributed by atoms with E-state index in [1.165, 1.54) is 5.56 Å². The van der Waals surface area contributed by atoms with E-state index in [0.717, 1.165) is 63.0 Å². The average molecular weight is 833 g/mol. The van der Waals surface area contributed by atoms with E-state index in [4.69, 9.17) is 41.8 Å². The van der Waals surface area contributed by atoms with Crippen molar-refractivity contribution in [2.24, 2.45) is 0 Å². The van der Waals surface area contributed by atoms with E-state index < -0.39 is 36.6 Å². The van der Waals surface area contributed by atoms with E-state index in [9.17, 15) is 0 Å². The SMILES string of the molecule is CC1(C)OB(c2ccc3c(ccc4c5ccc(B6OC(C)(C)C(C)(Cc7cc(Br)c8c(Br)cccc8c7)O6)cc5c(Cl)cc34)c2Cl)OC1(C)C. The number of halogens is 4. The summed E-state index contributed by atoms with van der Waals surface area (Å²) in [5, 5.41) is 9.67. The smallest absolute Gasteiger partial charge is 0.399 e. The molecular weight excluding hydrogens is 797 g/mol. The zero-order valence-corrected chi connectivity index (χ0v) is 33.7. The lowest BCUT2D eigenvalue weighted by molar-refractivity contribution is -0.00875. The Labute approximate surface area is 320 Å². The summed E-state index contributed by atoms with van der Waals surface area (Å²) < 4.78 is 28.3. The summed E-state index contributed by atoms with van der Waals surface area (Å²) in [6, 6.07) is 27.3. The van der Waals surface area contributed by atoms with Crippen molar-refractivity contribution in [3.8, 4) is 0 Å². The van der Waals surface area contributed by atoms with Crippen LogP contribution in [0.5, 0.6) is 0 Å². The molecule has 2 aliphatic rings. The maximum absolute atomic E-state index is 7.08. The Morgan fingerprint density at radius 3 is 1.94 bits per heavy atom. The largest absolute Gasteiger partial charge is 0.496 e. The molecule has 0 N–H and O–H groups in total. The van der Waals surface area contributed by atoms with Crippen molar-refractivity contribution in [1.29, 1.82) is 0 Å². The minimum atomic E-state index is -0.587. The second-order valence-electron chi connectivity index (χ2n) is 15.4. The fourth-order valence-corrected chi connectivity index (χ4v) is 9.54. The fraction of sp³-hybridized carbons (Fsp3) is 0.300. The van der Waals surface area contributed by atoms with E-state index in [2.05, 4.69) is 119 Å². The summed E-state index contributed by atoms with van der Waals surface area (Å²) in [5.74, 6) is 0. The molecule has 254 valence electrons. The molecule has 0 saturated carbocycles. The molecule has 2 heterocycles. The molecule has 0 aliphatic carbocycles. The van der Waals surface area contributed by atoms with Crippen LogP contribution in [-0.4, -0.2) is 36.6 Å². The third-order valence-corrected chi connectivity index (χ3v) is 13.4. The van der Waals surface area contributed by atoms with Gasteiger partial charge in [-0.05, 0) is 105 Å². The Hall–Kier alpha value is -2.13. The molecule has 50 heavy (non-hydrogen) atoms. The van der Waals surface area contributed by atoms with E-state index in [-0.39, 0.29) is 0 Å². The van der Waals surface area contributed by atoms with Crippen molar-refractivity contribution in [1.82, 2.24) is 0 Å². The van der Waals surface area contributed by atoms with E-state index in [0.29, 0.717) is 16.5 Å². The minimum Gasteiger partial charge on any atom is -0.399 e. The van der Waals surface area contributed by atoms with Crippen LogP contribution in [0.4, 0.5) is 0 Å². The molecule has 4 nitrogen and oxygen atoms in total. The molecule has 0 bridgehead atoms. The van der Waals surface area contributed by atoms with Gasteiger partial charge >= 0.3 is 14.2 Å². The summed E-state index contributed by atoms with van der Waals surface area (Å²) >= 11 is 21.6. The van der Waals surface area contributed by atoms with Gasteiger partial charge in [0, 0.05) is 47.0 Å². The maximum atomic E-state index is 7.08. The topological polar surface area (TPSA) is 36.9 Å². The van der Waals surface area contributed by atoms with Crippen LogP contribution in [0.15, 0.2) is 87.8 Å². The van der Waals surface area contributed by atoms with E-state index >= 15 is 0 Å². The standard InChI is InChI=1S/C40H36B2Br2Cl2O4/c1-37(2)38(3,4)48-42(47-37)31-16-15-27-28(36(31)46)14-13-25-26-12-11-24(19-30(26)34(45)20-29(25)27)41-49-39(5,6)40(7,50-41)21-22-17-23-9-8-10-32(43)35(23)33(44)18-22/h8-20H,21H2,1-7H3. The molecule has 6 aromatic carbocycles. The number of benzene rings is 6. The lowest BCUT2D eigenvalue weighted by Gasteiger charge is -2.36. The molecule has 2 aliphatic heterocycles. The molecule has 0 radical (unpaired) electrons. The van der Waals surface area contributed by atoms with Crippen LogP contribution >= 0.6 is 55.1 Å². The Morgan fingerprint density at radius 2 is 1.20 bits per heavy atom. The van der Waals surface area contributed by atoms with Crippen LogP contribution in [0.2, 0.25) is 10.0 Å². The van der Waals surface area contributed by atoms with Crippen LogP contribution in [0, 0.1) is 0 Å². The first-order valence-corrected chi connectivity index (χ1v) is 19.2. The summed E-state index contributed by atoms with van der Waals surface area (Å²) in [4.78, 5) is 0. The predicted molar refractivity (Wildman–Crippen MR) is 218 cm³/mol. The number of fused-ring (bicyclic) bond motifs is 6. The number of hydrogen-bond donors (Lipinski definition) is 0. The molecule has 2 saturated heterocycles. The first-order chi connectivity index (χ1) is 23.5. The Balaban J connectivity index is 1.13. The third kappa shape index (κ3) is 5.48. The highest BCUT2D eigenvalue weighted by Crippen LogP contribution is 2.43. The van der Waals surface area contributed by atoms with Gasteiger partial charge in [-0.25, -0.2) is 0 Å². The Bertz CT molecular complexity index is 2380. The normalized spacial score (nSPS) is 21.3. The van der Waals surface area contributed by atoms with Gasteiger partial charge in [0.1, 0.15) is 0 Å². The van der Waals surface area contributed by atoms with Gasteiger partial charge in [-0.1, -0.05) is 116 Å². The first kappa shape index (κ1) is 34.9. The lowest BCUT2D eigenvalue weighted by atomic mass is 9.77. The minimum absolute atomic E-state index is 0.458. The maximum Gasteiger partial charge on any atom is 0.496 e. The highest BCUT2D eigenvalue weighted by Gasteiger charge is 2.55. The Morgan fingerprint density at radius 1 is 0.580 bits per heavy atom. The fourth-order valence-electron chi connectivity index (χ4n) is 7.36. The van der Waals surface area contributed by atoms with Gasteiger partial charge in [-0.15, -0.1) is 0 Å². The van der Waals surface area contributed by atoms with Gasteiger partial charge in [-0.3, -0.25) is 0 Å². The summed E-state index contributed by atoms with van der Waals surface area (Å²) in [6.07, 6.45) is 0.683. The van der Waals surface area contributed by atoms with Crippen LogP contribution in [0.1, 0.15) is 54.0 Å². The van der Waals surface area contributed by atoms with Gasteiger partial charge in [-0.2, -0.15) is 0 Å². The zero-order chi connectivity index (χ0) is 35.5. The van der Waals surface area contributed by atoms with Crippen molar-refractivity contribution < 1.29 is 18.6 Å². The molecular formula is C40H36B2Br2Cl2O4. The average Bonchev–Trinajstić information content (AvgIpc) is 3.41. The van der Waals surface area contributed by atoms with Gasteiger partial charge in [0.15, 0.2) is 0 Å². The van der Waals surface area contributed by atoms with Crippen LogP contribution < -0.4 is 10.9 Å². The second kappa shape index (κ2) is 11.9. The summed E-state index contributed by atoms with van der Waals surface area (Å²) in [7, 11) is -1.09. The monoisotopic (exact) mass is 830 g/mol. The zero-order valence-electron chi connectivity index (χ0n) is 29.0. The quantitative estimate of drug-likeness (QED) is 0.131. The second-order valence-corrected chi connectivity index (χ2v) is 17.9.